The van der Waals surface area contributed by atoms with E-state index in [-0.39, 0.29) is 5.91 Å². The van der Waals surface area contributed by atoms with E-state index in [1.807, 2.05) is 30.2 Å². The van der Waals surface area contributed by atoms with E-state index in [9.17, 15) is 4.79 Å². The number of nitrogens with one attached hydrogen (secondary N) is 2. The number of aromatic nitrogens is 2. The topological polar surface area (TPSA) is 61.0 Å². The molecule has 0 unspecified atom stereocenters. The largest absolute Gasteiger partial charge is 0.379 e. The number of aryl methyl sites for hydroxylation is 1. The highest BCUT2D eigenvalue weighted by atomic mass is 16.2. The first-order valence-electron chi connectivity index (χ1n) is 6.79. The van der Waals surface area contributed by atoms with E-state index in [0.29, 0.717) is 0 Å². The van der Waals surface area contributed by atoms with Crippen molar-refractivity contribution in [2.45, 2.75) is 26.8 Å². The van der Waals surface area contributed by atoms with Crippen LogP contribution in [0, 0.1) is 6.92 Å². The molecular weight excluding hydrogens is 252 g/mol. The van der Waals surface area contributed by atoms with Crippen molar-refractivity contribution in [3.05, 3.63) is 41.5 Å². The molecule has 20 heavy (non-hydrogen) atoms. The van der Waals surface area contributed by atoms with Gasteiger partial charge in [-0.05, 0) is 37.1 Å². The zero-order valence-electron chi connectivity index (χ0n) is 11.7. The number of aromatic amines is 1. The van der Waals surface area contributed by atoms with E-state index in [1.165, 1.54) is 5.56 Å². The molecule has 1 amide bonds. The number of anilines is 2. The van der Waals surface area contributed by atoms with E-state index in [1.54, 1.807) is 6.92 Å². The molecule has 2 heterocycles. The fraction of sp³-hybridized carbons (Fsp3) is 0.333. The Labute approximate surface area is 118 Å². The van der Waals surface area contributed by atoms with Gasteiger partial charge in [0.15, 0.2) is 0 Å². The molecule has 5 heteroatoms. The van der Waals surface area contributed by atoms with Crippen LogP contribution in [0.25, 0.3) is 0 Å². The average Bonchev–Trinajstić information content (AvgIpc) is 3.01. The molecule has 2 aromatic rings. The minimum absolute atomic E-state index is 0.109. The molecule has 0 radical (unpaired) electrons. The minimum atomic E-state index is 0.109. The predicted octanol–water partition coefficient (Wildman–Crippen LogP) is 2.24. The minimum Gasteiger partial charge on any atom is -0.379 e. The zero-order valence-corrected chi connectivity index (χ0v) is 11.7. The van der Waals surface area contributed by atoms with Crippen LogP contribution < -0.4 is 10.2 Å². The number of H-pyrrole nitrogens is 1. The highest BCUT2D eigenvalue weighted by Crippen LogP contribution is 2.30. The van der Waals surface area contributed by atoms with Crippen LogP contribution in [0.3, 0.4) is 0 Å². The number of carbonyl (C=O) groups excluding carboxylic acids is 1. The molecular formula is C15H18N4O. The van der Waals surface area contributed by atoms with Gasteiger partial charge in [-0.2, -0.15) is 0 Å². The summed E-state index contributed by atoms with van der Waals surface area (Å²) in [6, 6.07) is 6.16. The summed E-state index contributed by atoms with van der Waals surface area (Å²) in [5, 5.41) is 3.37. The van der Waals surface area contributed by atoms with Gasteiger partial charge in [-0.25, -0.2) is 4.98 Å². The van der Waals surface area contributed by atoms with Crippen LogP contribution in [-0.2, 0) is 17.8 Å². The summed E-state index contributed by atoms with van der Waals surface area (Å²) >= 11 is 0. The lowest BCUT2D eigenvalue weighted by Gasteiger charge is -2.15. The molecule has 0 spiro atoms. The molecule has 1 aromatic heterocycles. The van der Waals surface area contributed by atoms with E-state index in [4.69, 9.17) is 0 Å². The fourth-order valence-corrected chi connectivity index (χ4v) is 2.60. The predicted molar refractivity (Wildman–Crippen MR) is 78.8 cm³/mol. The van der Waals surface area contributed by atoms with Gasteiger partial charge in [0.25, 0.3) is 0 Å². The normalized spacial score (nSPS) is 13.4. The van der Waals surface area contributed by atoms with Gasteiger partial charge in [0.1, 0.15) is 5.82 Å². The van der Waals surface area contributed by atoms with Crippen molar-refractivity contribution in [1.29, 1.82) is 0 Å². The first-order chi connectivity index (χ1) is 9.63. The van der Waals surface area contributed by atoms with Crippen molar-refractivity contribution < 1.29 is 4.79 Å². The first-order valence-corrected chi connectivity index (χ1v) is 6.79. The van der Waals surface area contributed by atoms with Crippen LogP contribution in [0.2, 0.25) is 0 Å². The molecule has 1 aliphatic heterocycles. The van der Waals surface area contributed by atoms with Crippen molar-refractivity contribution in [3.63, 3.8) is 0 Å². The van der Waals surface area contributed by atoms with Gasteiger partial charge in [-0.15, -0.1) is 0 Å². The standard InChI is InChI=1S/C15H18N4O/c1-10-16-8-14(18-10)9-17-13-3-4-15-12(7-13)5-6-19(15)11(2)20/h3-4,7-8,17H,5-6,9H2,1-2H3,(H,16,18). The monoisotopic (exact) mass is 270 g/mol. The van der Waals surface area contributed by atoms with Gasteiger partial charge in [-0.3, -0.25) is 4.79 Å². The third-order valence-electron chi connectivity index (χ3n) is 3.59. The van der Waals surface area contributed by atoms with Gasteiger partial charge in [0.05, 0.1) is 18.4 Å². The number of hydrogen-bond donors (Lipinski definition) is 2. The summed E-state index contributed by atoms with van der Waals surface area (Å²) in [6.07, 6.45) is 2.76. The number of imidazole rings is 1. The molecule has 0 saturated heterocycles. The Balaban J connectivity index is 1.72. The average molecular weight is 270 g/mol. The van der Waals surface area contributed by atoms with Gasteiger partial charge in [-0.1, -0.05) is 0 Å². The number of fused-ring (bicyclic) bond motifs is 1. The van der Waals surface area contributed by atoms with Crippen LogP contribution in [0.4, 0.5) is 11.4 Å². The second-order valence-corrected chi connectivity index (χ2v) is 5.11. The number of hydrogen-bond acceptors (Lipinski definition) is 3. The van der Waals surface area contributed by atoms with Crippen molar-refractivity contribution in [2.75, 3.05) is 16.8 Å². The van der Waals surface area contributed by atoms with Crippen LogP contribution in [0.15, 0.2) is 24.4 Å². The third-order valence-corrected chi connectivity index (χ3v) is 3.59. The molecule has 5 nitrogen and oxygen atoms in total. The number of benzene rings is 1. The Hall–Kier alpha value is -2.30. The number of nitrogens with zero attached hydrogens (tertiary/aromatic N) is 2. The van der Waals surface area contributed by atoms with E-state index < -0.39 is 0 Å². The highest BCUT2D eigenvalue weighted by Gasteiger charge is 2.21. The zero-order chi connectivity index (χ0) is 14.1. The third kappa shape index (κ3) is 2.39. The summed E-state index contributed by atoms with van der Waals surface area (Å²) in [5.74, 6) is 1.03. The Morgan fingerprint density at radius 2 is 2.35 bits per heavy atom. The quantitative estimate of drug-likeness (QED) is 0.899. The molecule has 1 aromatic carbocycles. The lowest BCUT2D eigenvalue weighted by atomic mass is 10.1. The van der Waals surface area contributed by atoms with Crippen LogP contribution in [0.5, 0.6) is 0 Å². The summed E-state index contributed by atoms with van der Waals surface area (Å²) in [4.78, 5) is 20.7. The Kier molecular flexibility index (Phi) is 3.18. The van der Waals surface area contributed by atoms with Crippen molar-refractivity contribution in [3.8, 4) is 0 Å². The lowest BCUT2D eigenvalue weighted by Crippen LogP contribution is -2.25. The maximum Gasteiger partial charge on any atom is 0.223 e. The van der Waals surface area contributed by atoms with Gasteiger partial charge in [0.2, 0.25) is 5.91 Å². The van der Waals surface area contributed by atoms with Crippen LogP contribution >= 0.6 is 0 Å². The summed E-state index contributed by atoms with van der Waals surface area (Å²) < 4.78 is 0. The summed E-state index contributed by atoms with van der Waals surface area (Å²) in [7, 11) is 0. The smallest absolute Gasteiger partial charge is 0.223 e. The van der Waals surface area contributed by atoms with Crippen molar-refractivity contribution in [2.24, 2.45) is 0 Å². The fourth-order valence-electron chi connectivity index (χ4n) is 2.60. The van der Waals surface area contributed by atoms with E-state index in [2.05, 4.69) is 21.4 Å². The number of carbonyl (C=O) groups is 1. The molecule has 3 rings (SSSR count). The highest BCUT2D eigenvalue weighted by molar-refractivity contribution is 5.94. The van der Waals surface area contributed by atoms with Gasteiger partial charge in [0, 0.05) is 24.8 Å². The summed E-state index contributed by atoms with van der Waals surface area (Å²) in [5.41, 5.74) is 4.40. The van der Waals surface area contributed by atoms with Crippen LogP contribution in [-0.4, -0.2) is 22.4 Å². The molecule has 0 atom stereocenters. The number of rotatable bonds is 3. The Morgan fingerprint density at radius 3 is 3.05 bits per heavy atom. The maximum atomic E-state index is 11.5. The Morgan fingerprint density at radius 1 is 1.50 bits per heavy atom. The molecule has 0 bridgehead atoms. The first kappa shape index (κ1) is 12.7. The summed E-state index contributed by atoms with van der Waals surface area (Å²) in [6.45, 7) is 5.06. The molecule has 0 saturated carbocycles. The maximum absolute atomic E-state index is 11.5. The molecule has 0 aliphatic carbocycles. The molecule has 0 fully saturated rings. The molecule has 2 N–H and O–H groups in total. The van der Waals surface area contributed by atoms with Crippen molar-refractivity contribution in [1.82, 2.24) is 9.97 Å². The number of amides is 1. The van der Waals surface area contributed by atoms with Gasteiger partial charge < -0.3 is 15.2 Å². The van der Waals surface area contributed by atoms with Crippen molar-refractivity contribution >= 4 is 17.3 Å². The van der Waals surface area contributed by atoms with E-state index in [0.717, 1.165) is 42.4 Å². The molecule has 1 aliphatic rings. The second-order valence-electron chi connectivity index (χ2n) is 5.11. The Bertz CT molecular complexity index is 647. The van der Waals surface area contributed by atoms with Gasteiger partial charge >= 0.3 is 0 Å². The molecule has 104 valence electrons. The van der Waals surface area contributed by atoms with E-state index >= 15 is 0 Å². The SMILES string of the molecule is CC(=O)N1CCc2cc(NCc3cnc(C)[nH]3)ccc21. The van der Waals surface area contributed by atoms with Crippen LogP contribution in [0.1, 0.15) is 24.0 Å². The second kappa shape index (κ2) is 5.00. The lowest BCUT2D eigenvalue weighted by molar-refractivity contribution is -0.116.